The van der Waals surface area contributed by atoms with Crippen LogP contribution in [0, 0.1) is 0 Å². The molecule has 10 aromatic carbocycles. The fraction of sp³-hybridized carbons (Fsp3) is 0.0175. The summed E-state index contributed by atoms with van der Waals surface area (Å²) in [5.41, 5.74) is 11.2. The Morgan fingerprint density at radius 3 is 1.82 bits per heavy atom. The molecule has 0 fully saturated rings. The summed E-state index contributed by atoms with van der Waals surface area (Å²) in [6.07, 6.45) is -0.442. The predicted octanol–water partition coefficient (Wildman–Crippen LogP) is 14.8. The van der Waals surface area contributed by atoms with E-state index in [0.29, 0.717) is 5.84 Å². The highest BCUT2D eigenvalue weighted by Gasteiger charge is 2.26. The number of amidine groups is 2. The Bertz CT molecular complexity index is 3850. The van der Waals surface area contributed by atoms with Crippen LogP contribution in [0.2, 0.25) is 0 Å². The molecule has 0 amide bonds. The number of nitrogens with one attached hydrogen (secondary N) is 1. The maximum atomic E-state index is 6.33. The second-order valence-electron chi connectivity index (χ2n) is 16.1. The minimum absolute atomic E-state index is 0.442. The van der Waals surface area contributed by atoms with Gasteiger partial charge in [-0.3, -0.25) is 0 Å². The molecule has 5 nitrogen and oxygen atoms in total. The third kappa shape index (κ3) is 5.42. The van der Waals surface area contributed by atoms with Crippen molar-refractivity contribution in [2.75, 3.05) is 0 Å². The molecule has 3 heterocycles. The van der Waals surface area contributed by atoms with E-state index >= 15 is 0 Å². The topological polar surface area (TPSA) is 63.0 Å². The fourth-order valence-electron chi connectivity index (χ4n) is 9.65. The van der Waals surface area contributed by atoms with Crippen molar-refractivity contribution in [3.8, 4) is 22.3 Å². The molecular weight excluding hydrogens is 759 g/mol. The summed E-state index contributed by atoms with van der Waals surface area (Å²) < 4.78 is 12.7. The number of rotatable bonds is 5. The lowest BCUT2D eigenvalue weighted by molar-refractivity contribution is 0.669. The van der Waals surface area contributed by atoms with Crippen LogP contribution in [0.15, 0.2) is 219 Å². The first-order valence-electron chi connectivity index (χ1n) is 21.0. The number of furan rings is 2. The van der Waals surface area contributed by atoms with Crippen molar-refractivity contribution in [1.29, 1.82) is 0 Å². The maximum Gasteiger partial charge on any atom is 0.160 e. The molecule has 2 aromatic heterocycles. The first-order valence-corrected chi connectivity index (χ1v) is 21.0. The van der Waals surface area contributed by atoms with Gasteiger partial charge in [-0.1, -0.05) is 158 Å². The Labute approximate surface area is 355 Å². The molecule has 0 radical (unpaired) electrons. The summed E-state index contributed by atoms with van der Waals surface area (Å²) in [6.45, 7) is 0. The Hall–Kier alpha value is -8.28. The molecule has 1 atom stereocenters. The normalized spacial score (nSPS) is 14.3. The van der Waals surface area contributed by atoms with Gasteiger partial charge in [0.05, 0.1) is 0 Å². The van der Waals surface area contributed by atoms with Crippen molar-refractivity contribution in [2.45, 2.75) is 6.17 Å². The van der Waals surface area contributed by atoms with Crippen LogP contribution in [0.25, 0.3) is 98.4 Å². The zero-order valence-corrected chi connectivity index (χ0v) is 33.3. The molecule has 5 heteroatoms. The first kappa shape index (κ1) is 34.6. The Kier molecular flexibility index (Phi) is 7.60. The monoisotopic (exact) mass is 793 g/mol. The van der Waals surface area contributed by atoms with Gasteiger partial charge in [0.25, 0.3) is 0 Å². The first-order chi connectivity index (χ1) is 30.7. The van der Waals surface area contributed by atoms with E-state index in [1.807, 2.05) is 24.3 Å². The van der Waals surface area contributed by atoms with Crippen LogP contribution in [0.5, 0.6) is 0 Å². The molecule has 1 aliphatic rings. The van der Waals surface area contributed by atoms with E-state index in [-0.39, 0.29) is 0 Å². The number of hydrogen-bond donors (Lipinski definition) is 1. The third-order valence-electron chi connectivity index (χ3n) is 12.5. The van der Waals surface area contributed by atoms with Gasteiger partial charge < -0.3 is 14.2 Å². The molecule has 12 aromatic rings. The van der Waals surface area contributed by atoms with Crippen molar-refractivity contribution in [1.82, 2.24) is 5.32 Å². The summed E-state index contributed by atoms with van der Waals surface area (Å²) in [5, 5.41) is 15.0. The van der Waals surface area contributed by atoms with Gasteiger partial charge in [-0.2, -0.15) is 0 Å². The van der Waals surface area contributed by atoms with Gasteiger partial charge in [0.2, 0.25) is 0 Å². The van der Waals surface area contributed by atoms with Crippen LogP contribution in [0.3, 0.4) is 0 Å². The lowest BCUT2D eigenvalue weighted by Gasteiger charge is -2.26. The average Bonchev–Trinajstić information content (AvgIpc) is 3.90. The molecule has 13 rings (SSSR count). The second-order valence-corrected chi connectivity index (χ2v) is 16.1. The number of para-hydroxylation sites is 2. The second kappa shape index (κ2) is 13.6. The standard InChI is InChI=1S/C57H35N3O2/c1-2-13-34(14-3-1)38-27-29-46(41-17-6-4-15-39(38)41)56-58-55(36-26-25-35-32-49-44-19-8-10-22-50(44)62-53(49)33-37(35)31-36)59-57(60-56)47-30-28-43(40-16-5-7-18-42(40)47)45-21-12-24-52-54(45)48-20-9-11-23-51(48)61-52/h1-33,57H,(H,58,59,60). The highest BCUT2D eigenvalue weighted by atomic mass is 16.3. The van der Waals surface area contributed by atoms with Gasteiger partial charge in [0.1, 0.15) is 34.3 Å². The van der Waals surface area contributed by atoms with Crippen LogP contribution in [-0.2, 0) is 0 Å². The van der Waals surface area contributed by atoms with E-state index in [1.54, 1.807) is 0 Å². The summed E-state index contributed by atoms with van der Waals surface area (Å²) in [4.78, 5) is 10.9. The van der Waals surface area contributed by atoms with Gasteiger partial charge in [0.15, 0.2) is 5.84 Å². The number of nitrogens with zero attached hydrogens (tertiary/aromatic N) is 2. The molecule has 0 saturated heterocycles. The molecular formula is C57H35N3O2. The van der Waals surface area contributed by atoms with Crippen molar-refractivity contribution in [3.63, 3.8) is 0 Å². The predicted molar refractivity (Wildman–Crippen MR) is 256 cm³/mol. The molecule has 1 unspecified atom stereocenters. The Morgan fingerprint density at radius 1 is 0.371 bits per heavy atom. The summed E-state index contributed by atoms with van der Waals surface area (Å²) >= 11 is 0. The highest BCUT2D eigenvalue weighted by Crippen LogP contribution is 2.42. The van der Waals surface area contributed by atoms with Crippen LogP contribution < -0.4 is 5.32 Å². The molecule has 0 bridgehead atoms. The van der Waals surface area contributed by atoms with Crippen LogP contribution in [0.4, 0.5) is 0 Å². The molecule has 1 aliphatic heterocycles. The van der Waals surface area contributed by atoms with Crippen LogP contribution in [-0.4, -0.2) is 11.7 Å². The molecule has 0 aliphatic carbocycles. The average molecular weight is 794 g/mol. The smallest absolute Gasteiger partial charge is 0.160 e. The number of aliphatic imine (C=N–C) groups is 2. The number of benzene rings is 10. The van der Waals surface area contributed by atoms with Gasteiger partial charge in [-0.25, -0.2) is 9.98 Å². The van der Waals surface area contributed by atoms with E-state index in [0.717, 1.165) is 110 Å². The van der Waals surface area contributed by atoms with Gasteiger partial charge in [-0.15, -0.1) is 0 Å². The van der Waals surface area contributed by atoms with Crippen molar-refractivity contribution in [3.05, 3.63) is 217 Å². The summed E-state index contributed by atoms with van der Waals surface area (Å²) in [7, 11) is 0. The lowest BCUT2D eigenvalue weighted by Crippen LogP contribution is -2.33. The zero-order valence-electron chi connectivity index (χ0n) is 33.3. The largest absolute Gasteiger partial charge is 0.456 e. The van der Waals surface area contributed by atoms with Crippen molar-refractivity contribution >= 4 is 87.9 Å². The molecule has 0 spiro atoms. The van der Waals surface area contributed by atoms with E-state index < -0.39 is 6.17 Å². The van der Waals surface area contributed by atoms with Gasteiger partial charge >= 0.3 is 0 Å². The minimum Gasteiger partial charge on any atom is -0.456 e. The van der Waals surface area contributed by atoms with E-state index in [1.165, 1.54) is 11.1 Å². The fourth-order valence-corrected chi connectivity index (χ4v) is 9.65. The molecule has 0 saturated carbocycles. The molecule has 290 valence electrons. The lowest BCUT2D eigenvalue weighted by atomic mass is 9.91. The van der Waals surface area contributed by atoms with E-state index in [4.69, 9.17) is 18.8 Å². The zero-order chi connectivity index (χ0) is 40.7. The quantitative estimate of drug-likeness (QED) is 0.189. The van der Waals surface area contributed by atoms with Crippen LogP contribution in [0.1, 0.15) is 22.9 Å². The Balaban J connectivity index is 0.998. The van der Waals surface area contributed by atoms with Crippen LogP contribution >= 0.6 is 0 Å². The van der Waals surface area contributed by atoms with Gasteiger partial charge in [-0.05, 0) is 97.0 Å². The highest BCUT2D eigenvalue weighted by molar-refractivity contribution is 6.20. The van der Waals surface area contributed by atoms with Gasteiger partial charge in [0, 0.05) is 38.2 Å². The van der Waals surface area contributed by atoms with E-state index in [2.05, 4.69) is 181 Å². The van der Waals surface area contributed by atoms with E-state index in [9.17, 15) is 0 Å². The number of hydrogen-bond acceptors (Lipinski definition) is 5. The summed E-state index contributed by atoms with van der Waals surface area (Å²) in [5.74, 6) is 1.43. The molecule has 62 heavy (non-hydrogen) atoms. The minimum atomic E-state index is -0.442. The third-order valence-corrected chi connectivity index (χ3v) is 12.5. The SMILES string of the molecule is c1ccc(-c2ccc(C3=NC(c4ccc(-c5cccc6oc7ccccc7c56)c5ccccc45)NC(c4ccc5cc6c(cc5c4)oc4ccccc46)=N3)c3ccccc23)cc1. The summed E-state index contributed by atoms with van der Waals surface area (Å²) in [6, 6.07) is 70.5. The number of fused-ring (bicyclic) bond motifs is 9. The van der Waals surface area contributed by atoms with Crippen molar-refractivity contribution in [2.24, 2.45) is 9.98 Å². The maximum absolute atomic E-state index is 6.33. The van der Waals surface area contributed by atoms with Crippen molar-refractivity contribution < 1.29 is 8.83 Å². The Morgan fingerprint density at radius 2 is 1.00 bits per heavy atom. The molecule has 1 N–H and O–H groups in total.